The molecule has 1 fully saturated rings. The minimum Gasteiger partial charge on any atom is -0.379 e. The van der Waals surface area contributed by atoms with Crippen LogP contribution >= 0.6 is 11.3 Å². The smallest absolute Gasteiger partial charge is 0.324 e. The van der Waals surface area contributed by atoms with Gasteiger partial charge in [0.05, 0.1) is 29.5 Å². The molecular weight excluding hydrogens is 264 g/mol. The number of rotatable bonds is 3. The maximum absolute atomic E-state index is 11.7. The molecule has 3 rings (SSSR count). The van der Waals surface area contributed by atoms with E-state index < -0.39 is 0 Å². The van der Waals surface area contributed by atoms with Crippen molar-refractivity contribution in [2.75, 3.05) is 23.8 Å². The van der Waals surface area contributed by atoms with Crippen molar-refractivity contribution >= 4 is 28.1 Å². The summed E-state index contributed by atoms with van der Waals surface area (Å²) in [6.45, 7) is 1.45. The van der Waals surface area contributed by atoms with Gasteiger partial charge in [-0.25, -0.2) is 4.79 Å². The van der Waals surface area contributed by atoms with Crippen molar-refractivity contribution in [3.05, 3.63) is 29.9 Å². The van der Waals surface area contributed by atoms with E-state index in [0.29, 0.717) is 12.3 Å². The second-order valence-electron chi connectivity index (χ2n) is 4.28. The minimum absolute atomic E-state index is 0.260. The van der Waals surface area contributed by atoms with Crippen molar-refractivity contribution in [2.24, 2.45) is 0 Å². The monoisotopic (exact) mass is 278 g/mol. The predicted molar refractivity (Wildman–Crippen MR) is 73.7 cm³/mol. The normalized spacial score (nSPS) is 18.4. The lowest BCUT2D eigenvalue weighted by molar-refractivity contribution is 0.184. The third kappa shape index (κ3) is 2.94. The number of hydrogen-bond acceptors (Lipinski definition) is 4. The highest BCUT2D eigenvalue weighted by atomic mass is 32.1. The number of anilines is 2. The third-order valence-electron chi connectivity index (χ3n) is 2.90. The van der Waals surface area contributed by atoms with Gasteiger partial charge in [0.2, 0.25) is 0 Å². The number of thiophene rings is 1. The molecule has 0 saturated carbocycles. The Morgan fingerprint density at radius 1 is 1.53 bits per heavy atom. The second kappa shape index (κ2) is 5.41. The van der Waals surface area contributed by atoms with Crippen LogP contribution in [0.3, 0.4) is 0 Å². The topological polar surface area (TPSA) is 68.2 Å². The lowest BCUT2D eigenvalue weighted by atomic mass is 10.3. The molecule has 1 saturated heterocycles. The fraction of sp³-hybridized carbons (Fsp3) is 0.333. The van der Waals surface area contributed by atoms with E-state index in [0.717, 1.165) is 18.0 Å². The molecular formula is C12H14N4O2S. The highest BCUT2D eigenvalue weighted by Crippen LogP contribution is 2.20. The molecule has 6 nitrogen and oxygen atoms in total. The summed E-state index contributed by atoms with van der Waals surface area (Å²) in [4.78, 5) is 11.7. The zero-order valence-electron chi connectivity index (χ0n) is 10.2. The maximum Gasteiger partial charge on any atom is 0.324 e. The Morgan fingerprint density at radius 2 is 2.47 bits per heavy atom. The van der Waals surface area contributed by atoms with Gasteiger partial charge in [-0.15, -0.1) is 11.3 Å². The first kappa shape index (κ1) is 12.2. The molecule has 1 aliphatic rings. The van der Waals surface area contributed by atoms with Crippen LogP contribution in [0.2, 0.25) is 0 Å². The first-order chi connectivity index (χ1) is 9.31. The molecule has 100 valence electrons. The van der Waals surface area contributed by atoms with Crippen molar-refractivity contribution in [3.8, 4) is 0 Å². The van der Waals surface area contributed by atoms with Crippen LogP contribution in [0.4, 0.5) is 15.5 Å². The summed E-state index contributed by atoms with van der Waals surface area (Å²) in [7, 11) is 0. The number of urea groups is 1. The second-order valence-corrected chi connectivity index (χ2v) is 5.23. The van der Waals surface area contributed by atoms with Crippen molar-refractivity contribution < 1.29 is 9.53 Å². The van der Waals surface area contributed by atoms with Crippen LogP contribution in [-0.4, -0.2) is 29.0 Å². The van der Waals surface area contributed by atoms with E-state index in [2.05, 4.69) is 15.7 Å². The molecule has 2 N–H and O–H groups in total. The zero-order chi connectivity index (χ0) is 13.1. The Balaban J connectivity index is 1.59. The molecule has 0 radical (unpaired) electrons. The van der Waals surface area contributed by atoms with Crippen LogP contribution in [0.1, 0.15) is 12.5 Å². The summed E-state index contributed by atoms with van der Waals surface area (Å²) in [5, 5.41) is 12.5. The summed E-state index contributed by atoms with van der Waals surface area (Å²) in [5.41, 5.74) is 0.681. The van der Waals surface area contributed by atoms with Crippen LogP contribution in [0.5, 0.6) is 0 Å². The molecule has 3 heterocycles. The van der Waals surface area contributed by atoms with Crippen molar-refractivity contribution in [3.63, 3.8) is 0 Å². The molecule has 1 aliphatic heterocycles. The van der Waals surface area contributed by atoms with Gasteiger partial charge < -0.3 is 10.1 Å². The highest BCUT2D eigenvalue weighted by Gasteiger charge is 2.18. The van der Waals surface area contributed by atoms with Gasteiger partial charge in [-0.05, 0) is 23.9 Å². The summed E-state index contributed by atoms with van der Waals surface area (Å²) in [6.07, 6.45) is 4.43. The fourth-order valence-electron chi connectivity index (χ4n) is 1.96. The fourth-order valence-corrected chi connectivity index (χ4v) is 2.57. The molecule has 2 aromatic heterocycles. The van der Waals surface area contributed by atoms with E-state index in [-0.39, 0.29) is 12.1 Å². The Kier molecular flexibility index (Phi) is 3.47. The first-order valence-corrected chi connectivity index (χ1v) is 6.92. The summed E-state index contributed by atoms with van der Waals surface area (Å²) < 4.78 is 7.15. The van der Waals surface area contributed by atoms with Crippen LogP contribution in [0.15, 0.2) is 29.9 Å². The van der Waals surface area contributed by atoms with Gasteiger partial charge in [0, 0.05) is 12.8 Å². The lowest BCUT2D eigenvalue weighted by Crippen LogP contribution is -2.18. The van der Waals surface area contributed by atoms with Crippen LogP contribution in [0.25, 0.3) is 0 Å². The SMILES string of the molecule is O=C(Nc1cnn([C@H]2CCOC2)c1)Nc1cccs1. The van der Waals surface area contributed by atoms with Crippen LogP contribution in [-0.2, 0) is 4.74 Å². The molecule has 0 bridgehead atoms. The summed E-state index contributed by atoms with van der Waals surface area (Å²) in [5.74, 6) is 0. The quantitative estimate of drug-likeness (QED) is 0.906. The molecule has 19 heavy (non-hydrogen) atoms. The number of ether oxygens (including phenoxy) is 1. The van der Waals surface area contributed by atoms with Crippen molar-refractivity contribution in [1.82, 2.24) is 9.78 Å². The van der Waals surface area contributed by atoms with E-state index in [1.54, 1.807) is 6.20 Å². The van der Waals surface area contributed by atoms with Crippen LogP contribution < -0.4 is 10.6 Å². The van der Waals surface area contributed by atoms with Gasteiger partial charge >= 0.3 is 6.03 Å². The van der Waals surface area contributed by atoms with Gasteiger partial charge in [-0.2, -0.15) is 5.10 Å². The number of nitrogens with zero attached hydrogens (tertiary/aromatic N) is 2. The molecule has 0 aliphatic carbocycles. The number of carbonyl (C=O) groups is 1. The average Bonchev–Trinajstić information content (AvgIpc) is 3.09. The molecule has 0 unspecified atom stereocenters. The van der Waals surface area contributed by atoms with Gasteiger partial charge in [0.1, 0.15) is 0 Å². The third-order valence-corrected chi connectivity index (χ3v) is 3.68. The van der Waals surface area contributed by atoms with Crippen molar-refractivity contribution in [2.45, 2.75) is 12.5 Å². The number of aromatic nitrogens is 2. The molecule has 7 heteroatoms. The molecule has 0 spiro atoms. The zero-order valence-corrected chi connectivity index (χ0v) is 11.0. The van der Waals surface area contributed by atoms with E-state index in [1.807, 2.05) is 28.4 Å². The van der Waals surface area contributed by atoms with Gasteiger partial charge in [-0.1, -0.05) is 0 Å². The molecule has 0 aromatic carbocycles. The number of nitrogens with one attached hydrogen (secondary N) is 2. The van der Waals surface area contributed by atoms with E-state index in [9.17, 15) is 4.79 Å². The Hall–Kier alpha value is -1.86. The first-order valence-electron chi connectivity index (χ1n) is 6.05. The molecule has 1 atom stereocenters. The Morgan fingerprint density at radius 3 is 3.21 bits per heavy atom. The Labute approximate surface area is 114 Å². The lowest BCUT2D eigenvalue weighted by Gasteiger charge is -2.07. The van der Waals surface area contributed by atoms with E-state index >= 15 is 0 Å². The van der Waals surface area contributed by atoms with E-state index in [1.165, 1.54) is 11.3 Å². The van der Waals surface area contributed by atoms with Gasteiger partial charge in [0.25, 0.3) is 0 Å². The average molecular weight is 278 g/mol. The summed E-state index contributed by atoms with van der Waals surface area (Å²) in [6, 6.07) is 3.75. The Bertz CT molecular complexity index is 546. The van der Waals surface area contributed by atoms with Crippen LogP contribution in [0, 0.1) is 0 Å². The van der Waals surface area contributed by atoms with Gasteiger partial charge in [-0.3, -0.25) is 10.00 Å². The number of carbonyl (C=O) groups excluding carboxylic acids is 1. The molecule has 2 amide bonds. The van der Waals surface area contributed by atoms with Crippen molar-refractivity contribution in [1.29, 1.82) is 0 Å². The number of amides is 2. The summed E-state index contributed by atoms with van der Waals surface area (Å²) >= 11 is 1.48. The van der Waals surface area contributed by atoms with E-state index in [4.69, 9.17) is 4.74 Å². The van der Waals surface area contributed by atoms with Gasteiger partial charge in [0.15, 0.2) is 0 Å². The minimum atomic E-state index is -0.260. The maximum atomic E-state index is 11.7. The predicted octanol–water partition coefficient (Wildman–Crippen LogP) is 2.55. The largest absolute Gasteiger partial charge is 0.379 e. The highest BCUT2D eigenvalue weighted by molar-refractivity contribution is 7.14. The molecule has 2 aromatic rings. The standard InChI is InChI=1S/C12H14N4O2S/c17-12(15-11-2-1-5-19-11)14-9-6-13-16(7-9)10-3-4-18-8-10/h1-2,5-7,10H,3-4,8H2,(H2,14,15,17)/t10-/m0/s1. The number of hydrogen-bond donors (Lipinski definition) is 2.